The van der Waals surface area contributed by atoms with Gasteiger partial charge in [0, 0.05) is 37.3 Å². The molecule has 0 unspecified atom stereocenters. The minimum absolute atomic E-state index is 0.114. The predicted molar refractivity (Wildman–Crippen MR) is 165 cm³/mol. The summed E-state index contributed by atoms with van der Waals surface area (Å²) in [7, 11) is 1.78. The van der Waals surface area contributed by atoms with Gasteiger partial charge < -0.3 is 5.11 Å². The SMILES string of the molecule is C[n+]1cccc(C(=O)n2c(C3=[N+](C(=O)c4cccnc4)c4c(Br)cc(Br)cc4C3=O)c(O)c3cc(Br)cc(Br)c32)c1. The highest BCUT2D eigenvalue weighted by Gasteiger charge is 2.49. The van der Waals surface area contributed by atoms with Crippen molar-refractivity contribution in [2.24, 2.45) is 7.05 Å². The Labute approximate surface area is 266 Å². The number of benzene rings is 2. The van der Waals surface area contributed by atoms with Gasteiger partial charge in [-0.05, 0) is 74.3 Å². The number of nitrogens with zero attached hydrogens (tertiary/aromatic N) is 4. The average Bonchev–Trinajstić information content (AvgIpc) is 3.39. The highest BCUT2D eigenvalue weighted by Crippen LogP contribution is 2.44. The first kappa shape index (κ1) is 27.8. The molecule has 0 spiro atoms. The smallest absolute Gasteiger partial charge is 0.427 e. The molecule has 0 bridgehead atoms. The number of carbonyl (C=O) groups excluding carboxylic acids is 3. The van der Waals surface area contributed by atoms with Crippen LogP contribution in [0.3, 0.4) is 0 Å². The molecule has 8 nitrogen and oxygen atoms in total. The van der Waals surface area contributed by atoms with Gasteiger partial charge in [-0.2, -0.15) is 0 Å². The number of Topliss-reactive ketones (excluding diaryl/α,β-unsaturated/α-hetero) is 1. The zero-order chi connectivity index (χ0) is 29.2. The van der Waals surface area contributed by atoms with E-state index >= 15 is 0 Å². The van der Waals surface area contributed by atoms with Gasteiger partial charge >= 0.3 is 5.91 Å². The summed E-state index contributed by atoms with van der Waals surface area (Å²) in [4.78, 5) is 46.7. The van der Waals surface area contributed by atoms with Crippen molar-refractivity contribution in [3.63, 3.8) is 0 Å². The summed E-state index contributed by atoms with van der Waals surface area (Å²) < 4.78 is 6.44. The molecule has 41 heavy (non-hydrogen) atoms. The zero-order valence-corrected chi connectivity index (χ0v) is 27.2. The Kier molecular flexibility index (Phi) is 7.13. The Morgan fingerprint density at radius 3 is 2.37 bits per heavy atom. The number of aryl methyl sites for hydroxylation is 1. The monoisotopic (exact) mass is 800 g/mol. The van der Waals surface area contributed by atoms with Crippen LogP contribution in [0.25, 0.3) is 10.9 Å². The minimum Gasteiger partial charge on any atom is -0.505 e. The van der Waals surface area contributed by atoms with Crippen LogP contribution in [-0.2, 0) is 7.05 Å². The van der Waals surface area contributed by atoms with Gasteiger partial charge in [0.15, 0.2) is 23.8 Å². The van der Waals surface area contributed by atoms with Crippen LogP contribution in [0.4, 0.5) is 5.69 Å². The first-order valence-corrected chi connectivity index (χ1v) is 15.1. The minimum atomic E-state index is -0.557. The standard InChI is InChI=1S/C29H15Br4N4O4/c1-35-7-3-5-15(13-35)29(41)37-23-19(9-17(31)11-21(23)33)27(39)25(37)24-26(38)18-8-16(30)10-20(32)22(18)36(24)28(40)14-4-2-6-34-12-14/h2-13H,1H3/q+1/p+1. The molecule has 1 aliphatic rings. The molecule has 0 atom stereocenters. The fourth-order valence-corrected chi connectivity index (χ4v) is 7.73. The average molecular weight is 804 g/mol. The summed E-state index contributed by atoms with van der Waals surface area (Å²) in [5.41, 5.74) is 1.08. The molecule has 12 heteroatoms. The number of ketones is 1. The van der Waals surface area contributed by atoms with E-state index in [2.05, 4.69) is 68.7 Å². The van der Waals surface area contributed by atoms with E-state index in [9.17, 15) is 19.5 Å². The van der Waals surface area contributed by atoms with Crippen LogP contribution in [0.5, 0.6) is 5.75 Å². The van der Waals surface area contributed by atoms with Crippen molar-refractivity contribution >= 4 is 104 Å². The highest BCUT2D eigenvalue weighted by molar-refractivity contribution is 9.11. The van der Waals surface area contributed by atoms with Crippen LogP contribution in [-0.4, -0.2) is 42.5 Å². The van der Waals surface area contributed by atoms with E-state index in [0.717, 1.165) is 0 Å². The molecule has 2 aromatic carbocycles. The number of aromatic nitrogens is 3. The van der Waals surface area contributed by atoms with Gasteiger partial charge in [-0.15, -0.1) is 4.58 Å². The summed E-state index contributed by atoms with van der Waals surface area (Å²) in [5, 5.41) is 12.1. The Morgan fingerprint density at radius 1 is 0.951 bits per heavy atom. The molecular formula is C29H16Br4N4O4+2. The molecule has 1 aliphatic heterocycles. The fourth-order valence-electron chi connectivity index (χ4n) is 4.93. The molecule has 1 N–H and O–H groups in total. The van der Waals surface area contributed by atoms with E-state index in [4.69, 9.17) is 0 Å². The van der Waals surface area contributed by atoms with Crippen molar-refractivity contribution in [3.05, 3.63) is 114 Å². The maximum atomic E-state index is 14.2. The summed E-state index contributed by atoms with van der Waals surface area (Å²) in [6, 6.07) is 13.3. The number of fused-ring (bicyclic) bond motifs is 2. The molecule has 0 fully saturated rings. The quantitative estimate of drug-likeness (QED) is 0.211. The van der Waals surface area contributed by atoms with Gasteiger partial charge in [0.1, 0.15) is 23.7 Å². The normalized spacial score (nSPS) is 12.8. The van der Waals surface area contributed by atoms with Crippen LogP contribution in [0.2, 0.25) is 0 Å². The molecule has 0 saturated carbocycles. The lowest BCUT2D eigenvalue weighted by Gasteiger charge is -2.09. The number of pyridine rings is 2. The zero-order valence-electron chi connectivity index (χ0n) is 20.9. The number of rotatable bonds is 3. The van der Waals surface area contributed by atoms with Crippen molar-refractivity contribution < 1.29 is 28.6 Å². The van der Waals surface area contributed by atoms with Gasteiger partial charge in [0.25, 0.3) is 17.4 Å². The predicted octanol–water partition coefficient (Wildman–Crippen LogP) is 6.47. The van der Waals surface area contributed by atoms with E-state index in [-0.39, 0.29) is 34.0 Å². The Balaban J connectivity index is 1.77. The van der Waals surface area contributed by atoms with Crippen molar-refractivity contribution in [2.75, 3.05) is 0 Å². The molecule has 5 aromatic rings. The van der Waals surface area contributed by atoms with Gasteiger partial charge in [0.05, 0.1) is 9.99 Å². The maximum Gasteiger partial charge on any atom is 0.427 e. The molecule has 0 radical (unpaired) electrons. The first-order chi connectivity index (χ1) is 19.6. The van der Waals surface area contributed by atoms with Gasteiger partial charge in [-0.25, -0.2) is 9.36 Å². The third kappa shape index (κ3) is 4.53. The number of aromatic hydroxyl groups is 1. The Hall–Kier alpha value is -3.32. The van der Waals surface area contributed by atoms with Crippen LogP contribution in [0.15, 0.2) is 91.2 Å². The van der Waals surface area contributed by atoms with Crippen molar-refractivity contribution in [2.45, 2.75) is 0 Å². The number of hydrogen-bond acceptors (Lipinski definition) is 5. The van der Waals surface area contributed by atoms with E-state index in [1.807, 2.05) is 0 Å². The van der Waals surface area contributed by atoms with Crippen molar-refractivity contribution in [3.8, 4) is 5.75 Å². The summed E-state index contributed by atoms with van der Waals surface area (Å²) in [6.45, 7) is 0. The molecule has 1 amide bonds. The van der Waals surface area contributed by atoms with Crippen LogP contribution in [0, 0.1) is 0 Å². The van der Waals surface area contributed by atoms with Crippen LogP contribution < -0.4 is 4.57 Å². The third-order valence-corrected chi connectivity index (χ3v) is 8.74. The van der Waals surface area contributed by atoms with E-state index in [0.29, 0.717) is 34.4 Å². The molecule has 6 rings (SSSR count). The lowest BCUT2D eigenvalue weighted by Crippen LogP contribution is -2.31. The van der Waals surface area contributed by atoms with Crippen molar-refractivity contribution in [1.82, 2.24) is 9.55 Å². The number of amides is 1. The molecule has 202 valence electrons. The van der Waals surface area contributed by atoms with E-state index in [1.165, 1.54) is 21.5 Å². The molecular weight excluding hydrogens is 788 g/mol. The largest absolute Gasteiger partial charge is 0.505 e. The fraction of sp³-hybridized carbons (Fsp3) is 0.0345. The summed E-state index contributed by atoms with van der Waals surface area (Å²) in [5.74, 6) is -1.93. The third-order valence-electron chi connectivity index (χ3n) is 6.62. The first-order valence-electron chi connectivity index (χ1n) is 12.0. The Bertz CT molecular complexity index is 2020. The molecule has 0 aliphatic carbocycles. The summed E-state index contributed by atoms with van der Waals surface area (Å²) >= 11 is 13.9. The number of carbonyl (C=O) groups is 3. The van der Waals surface area contributed by atoms with Crippen molar-refractivity contribution in [1.29, 1.82) is 0 Å². The van der Waals surface area contributed by atoms with Crippen LogP contribution >= 0.6 is 63.7 Å². The number of hydrogen-bond donors (Lipinski definition) is 1. The van der Waals surface area contributed by atoms with Gasteiger partial charge in [-0.3, -0.25) is 19.1 Å². The molecule has 3 aromatic heterocycles. The van der Waals surface area contributed by atoms with E-state index in [1.54, 1.807) is 72.5 Å². The van der Waals surface area contributed by atoms with E-state index < -0.39 is 17.6 Å². The second-order valence-electron chi connectivity index (χ2n) is 9.22. The molecule has 4 heterocycles. The Morgan fingerprint density at radius 2 is 1.66 bits per heavy atom. The van der Waals surface area contributed by atoms with Gasteiger partial charge in [0.2, 0.25) is 5.69 Å². The second-order valence-corrected chi connectivity index (χ2v) is 12.8. The number of halogens is 4. The van der Waals surface area contributed by atoms with Crippen LogP contribution in [0.1, 0.15) is 36.8 Å². The summed E-state index contributed by atoms with van der Waals surface area (Å²) in [6.07, 6.45) is 6.36. The lowest BCUT2D eigenvalue weighted by atomic mass is 10.1. The molecule has 0 saturated heterocycles. The topological polar surface area (TPSA) is 96.2 Å². The lowest BCUT2D eigenvalue weighted by molar-refractivity contribution is -0.671. The van der Waals surface area contributed by atoms with Gasteiger partial charge in [-0.1, -0.05) is 31.9 Å². The highest BCUT2D eigenvalue weighted by atomic mass is 79.9. The maximum absolute atomic E-state index is 14.2. The second kappa shape index (κ2) is 10.5.